The van der Waals surface area contributed by atoms with Gasteiger partial charge in [-0.3, -0.25) is 30.4 Å². The number of allylic oxidation sites excluding steroid dienone is 1. The average Bonchev–Trinajstić information content (AvgIpc) is 2.88. The minimum atomic E-state index is -0.697. The monoisotopic (exact) mass is 360 g/mol. The molecule has 2 N–H and O–H groups in total. The van der Waals surface area contributed by atoms with E-state index in [1.54, 1.807) is 6.20 Å². The number of carbonyl (C=O) groups is 1. The molecule has 0 radical (unpaired) electrons. The van der Waals surface area contributed by atoms with E-state index in [1.165, 1.54) is 12.1 Å². The van der Waals surface area contributed by atoms with Crippen molar-refractivity contribution in [3.05, 3.63) is 50.2 Å². The fourth-order valence-corrected chi connectivity index (χ4v) is 4.18. The molecule has 2 saturated carbocycles. The standard InChI is InChI=1S/C17H20N4O5/c1-16(2)12-6-7-17(16,3)15(22)11(12)9-18-19-13-5-4-10(20(23)24)8-14(13)21(25)26/h4-5,8-9,12,18-19H,6-7H2,1-3H3/b11-9+/t12-,17-/m1/s1. The van der Waals surface area contributed by atoms with Crippen LogP contribution in [-0.2, 0) is 4.79 Å². The summed E-state index contributed by atoms with van der Waals surface area (Å²) in [7, 11) is 0. The molecular weight excluding hydrogens is 340 g/mol. The Balaban J connectivity index is 1.81. The highest BCUT2D eigenvalue weighted by atomic mass is 16.6. The first-order valence-electron chi connectivity index (χ1n) is 8.29. The molecule has 2 aliphatic rings. The first kappa shape index (κ1) is 17.8. The van der Waals surface area contributed by atoms with Gasteiger partial charge in [-0.2, -0.15) is 0 Å². The number of Topliss-reactive ketones (excluding diaryl/α,β-unsaturated/α-hetero) is 1. The molecule has 0 saturated heterocycles. The predicted octanol–water partition coefficient (Wildman–Crippen LogP) is 3.33. The van der Waals surface area contributed by atoms with Gasteiger partial charge in [-0.05, 0) is 30.2 Å². The number of rotatable bonds is 5. The highest BCUT2D eigenvalue weighted by molar-refractivity contribution is 6.04. The third kappa shape index (κ3) is 2.42. The predicted molar refractivity (Wildman–Crippen MR) is 94.2 cm³/mol. The first-order chi connectivity index (χ1) is 12.1. The number of hydrogen-bond donors (Lipinski definition) is 2. The average molecular weight is 360 g/mol. The summed E-state index contributed by atoms with van der Waals surface area (Å²) in [6, 6.07) is 3.33. The molecule has 0 amide bonds. The topological polar surface area (TPSA) is 127 Å². The van der Waals surface area contributed by atoms with E-state index >= 15 is 0 Å². The van der Waals surface area contributed by atoms with Crippen LogP contribution in [0.1, 0.15) is 33.6 Å². The second kappa shape index (κ2) is 5.79. The Morgan fingerprint density at radius 3 is 2.42 bits per heavy atom. The number of nitrogens with one attached hydrogen (secondary N) is 2. The van der Waals surface area contributed by atoms with Crippen LogP contribution in [0.2, 0.25) is 0 Å². The molecule has 0 aliphatic heterocycles. The van der Waals surface area contributed by atoms with Crippen molar-refractivity contribution in [2.45, 2.75) is 33.6 Å². The van der Waals surface area contributed by atoms with Gasteiger partial charge in [0.15, 0.2) is 5.78 Å². The minimum Gasteiger partial charge on any atom is -0.308 e. The van der Waals surface area contributed by atoms with Crippen molar-refractivity contribution < 1.29 is 14.6 Å². The number of nitrogens with zero attached hydrogens (tertiary/aromatic N) is 2. The van der Waals surface area contributed by atoms with E-state index in [4.69, 9.17) is 0 Å². The van der Waals surface area contributed by atoms with Crippen LogP contribution in [0, 0.1) is 37.0 Å². The summed E-state index contributed by atoms with van der Waals surface area (Å²) in [5, 5.41) is 21.9. The summed E-state index contributed by atoms with van der Waals surface area (Å²) < 4.78 is 0. The Hall–Kier alpha value is -2.97. The van der Waals surface area contributed by atoms with Crippen LogP contribution in [0.3, 0.4) is 0 Å². The summed E-state index contributed by atoms with van der Waals surface area (Å²) >= 11 is 0. The lowest BCUT2D eigenvalue weighted by Gasteiger charge is -2.31. The van der Waals surface area contributed by atoms with Gasteiger partial charge in [0.25, 0.3) is 5.69 Å². The molecule has 0 unspecified atom stereocenters. The number of nitro benzene ring substituents is 2. The summed E-state index contributed by atoms with van der Waals surface area (Å²) in [5.74, 6) is 0.243. The molecule has 2 bridgehead atoms. The number of fused-ring (bicyclic) bond motifs is 2. The van der Waals surface area contributed by atoms with Crippen LogP contribution < -0.4 is 10.9 Å². The number of nitro groups is 2. The molecule has 1 aromatic carbocycles. The minimum absolute atomic E-state index is 0.0820. The Labute approximate surface area is 149 Å². The van der Waals surface area contributed by atoms with Gasteiger partial charge < -0.3 is 5.43 Å². The maximum absolute atomic E-state index is 12.7. The fraction of sp³-hybridized carbons (Fsp3) is 0.471. The largest absolute Gasteiger partial charge is 0.308 e. The zero-order valence-electron chi connectivity index (χ0n) is 14.7. The van der Waals surface area contributed by atoms with Gasteiger partial charge in [0.2, 0.25) is 0 Å². The second-order valence-corrected chi connectivity index (χ2v) is 7.56. The van der Waals surface area contributed by atoms with E-state index < -0.39 is 15.5 Å². The SMILES string of the molecule is CC1(C)[C@@H]2CC[C@]1(C)C(=O)/C2=C/NNc1ccc([N+](=O)[O-])cc1[N+](=O)[O-]. The van der Waals surface area contributed by atoms with Crippen LogP contribution >= 0.6 is 0 Å². The number of anilines is 1. The normalized spacial score (nSPS) is 27.6. The van der Waals surface area contributed by atoms with E-state index in [2.05, 4.69) is 24.7 Å². The number of non-ortho nitro benzene ring substituents is 1. The summed E-state index contributed by atoms with van der Waals surface area (Å²) in [6.45, 7) is 6.18. The molecule has 2 atom stereocenters. The quantitative estimate of drug-likeness (QED) is 0.468. The van der Waals surface area contributed by atoms with E-state index in [1.807, 2.05) is 6.92 Å². The zero-order valence-corrected chi connectivity index (χ0v) is 14.7. The number of hydrazine groups is 1. The first-order valence-corrected chi connectivity index (χ1v) is 8.29. The molecule has 2 aliphatic carbocycles. The molecule has 9 heteroatoms. The van der Waals surface area contributed by atoms with Gasteiger partial charge >= 0.3 is 5.69 Å². The molecule has 0 aromatic heterocycles. The van der Waals surface area contributed by atoms with Gasteiger partial charge in [-0.25, -0.2) is 0 Å². The van der Waals surface area contributed by atoms with Gasteiger partial charge in [0, 0.05) is 23.3 Å². The second-order valence-electron chi connectivity index (χ2n) is 7.56. The third-order valence-electron chi connectivity index (χ3n) is 6.19. The molecule has 138 valence electrons. The van der Waals surface area contributed by atoms with E-state index in [0.717, 1.165) is 18.9 Å². The van der Waals surface area contributed by atoms with Crippen LogP contribution in [0.15, 0.2) is 30.0 Å². The molecule has 2 fully saturated rings. The van der Waals surface area contributed by atoms with E-state index in [0.29, 0.717) is 5.57 Å². The Morgan fingerprint density at radius 2 is 1.88 bits per heavy atom. The molecule has 3 rings (SSSR count). The van der Waals surface area contributed by atoms with Crippen molar-refractivity contribution >= 4 is 22.8 Å². The molecule has 0 heterocycles. The Kier molecular flexibility index (Phi) is 3.97. The maximum atomic E-state index is 12.7. The van der Waals surface area contributed by atoms with Gasteiger partial charge in [0.05, 0.1) is 15.9 Å². The highest BCUT2D eigenvalue weighted by Crippen LogP contribution is 2.65. The smallest absolute Gasteiger partial charge is 0.300 e. The number of carbonyl (C=O) groups excluding carboxylic acids is 1. The molecule has 26 heavy (non-hydrogen) atoms. The Bertz CT molecular complexity index is 848. The highest BCUT2D eigenvalue weighted by Gasteiger charge is 2.63. The van der Waals surface area contributed by atoms with E-state index in [9.17, 15) is 25.0 Å². The fourth-order valence-electron chi connectivity index (χ4n) is 4.18. The van der Waals surface area contributed by atoms with Crippen molar-refractivity contribution in [2.75, 3.05) is 5.43 Å². The number of ketones is 1. The third-order valence-corrected chi connectivity index (χ3v) is 6.19. The van der Waals surface area contributed by atoms with Gasteiger partial charge in [-0.1, -0.05) is 20.8 Å². The van der Waals surface area contributed by atoms with Crippen molar-refractivity contribution in [3.8, 4) is 0 Å². The maximum Gasteiger partial charge on any atom is 0.300 e. The van der Waals surface area contributed by atoms with Crippen molar-refractivity contribution in [1.29, 1.82) is 0 Å². The van der Waals surface area contributed by atoms with Crippen molar-refractivity contribution in [2.24, 2.45) is 16.7 Å². The summed E-state index contributed by atoms with van der Waals surface area (Å²) in [4.78, 5) is 33.3. The summed E-state index contributed by atoms with van der Waals surface area (Å²) in [5.41, 5.74) is 4.88. The lowest BCUT2D eigenvalue weighted by Crippen LogP contribution is -2.32. The van der Waals surface area contributed by atoms with Crippen LogP contribution in [0.4, 0.5) is 17.1 Å². The number of hydrogen-bond acceptors (Lipinski definition) is 7. The van der Waals surface area contributed by atoms with Gasteiger partial charge in [0.1, 0.15) is 5.69 Å². The summed E-state index contributed by atoms with van der Waals surface area (Å²) in [6.07, 6.45) is 3.35. The van der Waals surface area contributed by atoms with Gasteiger partial charge in [-0.15, -0.1) is 0 Å². The lowest BCUT2D eigenvalue weighted by molar-refractivity contribution is -0.393. The van der Waals surface area contributed by atoms with Crippen LogP contribution in [0.5, 0.6) is 0 Å². The Morgan fingerprint density at radius 1 is 1.19 bits per heavy atom. The molecular formula is C17H20N4O5. The zero-order chi connectivity index (χ0) is 19.3. The van der Waals surface area contributed by atoms with Crippen molar-refractivity contribution in [3.63, 3.8) is 0 Å². The molecule has 9 nitrogen and oxygen atoms in total. The van der Waals surface area contributed by atoms with E-state index in [-0.39, 0.29) is 33.9 Å². The molecule has 0 spiro atoms. The van der Waals surface area contributed by atoms with Crippen LogP contribution in [-0.4, -0.2) is 15.6 Å². The lowest BCUT2D eigenvalue weighted by atomic mass is 9.70. The van der Waals surface area contributed by atoms with Crippen molar-refractivity contribution in [1.82, 2.24) is 5.43 Å². The van der Waals surface area contributed by atoms with Crippen LogP contribution in [0.25, 0.3) is 0 Å². The number of benzene rings is 1. The molecule has 1 aromatic rings.